The summed E-state index contributed by atoms with van der Waals surface area (Å²) in [6, 6.07) is 11.7. The van der Waals surface area contributed by atoms with E-state index in [4.69, 9.17) is 0 Å². The standard InChI is InChI=1S/C14H8N4/c1-3-9-5-6-10-13(12(9)15-7-1)18-14-11(17-10)4-2-8-16-14/h1-8H. The van der Waals surface area contributed by atoms with Gasteiger partial charge in [-0.05, 0) is 24.3 Å². The monoisotopic (exact) mass is 232 g/mol. The summed E-state index contributed by atoms with van der Waals surface area (Å²) in [5.74, 6) is 0. The molecule has 84 valence electrons. The van der Waals surface area contributed by atoms with Gasteiger partial charge in [0.1, 0.15) is 11.0 Å². The molecular weight excluding hydrogens is 224 g/mol. The molecular formula is C14H8N4. The smallest absolute Gasteiger partial charge is 0.178 e. The van der Waals surface area contributed by atoms with E-state index in [1.54, 1.807) is 12.4 Å². The van der Waals surface area contributed by atoms with Gasteiger partial charge in [-0.2, -0.15) is 0 Å². The van der Waals surface area contributed by atoms with E-state index in [9.17, 15) is 0 Å². The van der Waals surface area contributed by atoms with Crippen molar-refractivity contribution in [3.05, 3.63) is 48.8 Å². The predicted octanol–water partition coefficient (Wildman–Crippen LogP) is 2.73. The van der Waals surface area contributed by atoms with Crippen molar-refractivity contribution in [3.63, 3.8) is 0 Å². The Morgan fingerprint density at radius 1 is 0.667 bits per heavy atom. The quantitative estimate of drug-likeness (QED) is 0.345. The van der Waals surface area contributed by atoms with E-state index in [1.807, 2.05) is 36.4 Å². The fourth-order valence-corrected chi connectivity index (χ4v) is 2.12. The van der Waals surface area contributed by atoms with Gasteiger partial charge in [0, 0.05) is 17.8 Å². The highest BCUT2D eigenvalue weighted by molar-refractivity contribution is 6.03. The van der Waals surface area contributed by atoms with Crippen LogP contribution in [0.25, 0.3) is 33.1 Å². The van der Waals surface area contributed by atoms with Crippen molar-refractivity contribution < 1.29 is 0 Å². The number of fused-ring (bicyclic) bond motifs is 4. The van der Waals surface area contributed by atoms with Gasteiger partial charge in [0.2, 0.25) is 0 Å². The first-order valence-electron chi connectivity index (χ1n) is 5.68. The molecule has 0 saturated carbocycles. The van der Waals surface area contributed by atoms with Gasteiger partial charge in [0.05, 0.1) is 11.0 Å². The molecule has 0 aliphatic heterocycles. The molecule has 3 aromatic heterocycles. The summed E-state index contributed by atoms with van der Waals surface area (Å²) in [7, 11) is 0. The zero-order valence-electron chi connectivity index (χ0n) is 9.41. The van der Waals surface area contributed by atoms with E-state index < -0.39 is 0 Å². The second-order valence-electron chi connectivity index (χ2n) is 4.08. The Morgan fingerprint density at radius 3 is 2.56 bits per heavy atom. The average Bonchev–Trinajstić information content (AvgIpc) is 2.45. The van der Waals surface area contributed by atoms with Crippen LogP contribution < -0.4 is 0 Å². The normalized spacial score (nSPS) is 11.3. The molecule has 0 bridgehead atoms. The second kappa shape index (κ2) is 3.43. The van der Waals surface area contributed by atoms with E-state index in [1.165, 1.54) is 0 Å². The fourth-order valence-electron chi connectivity index (χ4n) is 2.12. The van der Waals surface area contributed by atoms with Crippen LogP contribution in [0.3, 0.4) is 0 Å². The molecule has 0 unspecified atom stereocenters. The fraction of sp³-hybridized carbons (Fsp3) is 0. The molecule has 0 fully saturated rings. The van der Waals surface area contributed by atoms with Crippen molar-refractivity contribution in [3.8, 4) is 0 Å². The molecule has 0 saturated heterocycles. The number of aromatic nitrogens is 4. The predicted molar refractivity (Wildman–Crippen MR) is 70.1 cm³/mol. The number of pyridine rings is 2. The van der Waals surface area contributed by atoms with Crippen LogP contribution in [0.1, 0.15) is 0 Å². The topological polar surface area (TPSA) is 51.6 Å². The first kappa shape index (κ1) is 9.41. The molecule has 18 heavy (non-hydrogen) atoms. The first-order valence-corrected chi connectivity index (χ1v) is 5.68. The van der Waals surface area contributed by atoms with Crippen LogP contribution in [-0.2, 0) is 0 Å². The van der Waals surface area contributed by atoms with Crippen LogP contribution in [0, 0.1) is 0 Å². The van der Waals surface area contributed by atoms with Gasteiger partial charge in [-0.25, -0.2) is 15.0 Å². The summed E-state index contributed by atoms with van der Waals surface area (Å²) in [6.45, 7) is 0. The lowest BCUT2D eigenvalue weighted by Crippen LogP contribution is -1.91. The van der Waals surface area contributed by atoms with Gasteiger partial charge in [0.25, 0.3) is 0 Å². The van der Waals surface area contributed by atoms with Crippen molar-refractivity contribution in [2.75, 3.05) is 0 Å². The minimum absolute atomic E-state index is 0.656. The highest BCUT2D eigenvalue weighted by Crippen LogP contribution is 2.22. The zero-order valence-corrected chi connectivity index (χ0v) is 9.41. The summed E-state index contributed by atoms with van der Waals surface area (Å²) >= 11 is 0. The maximum absolute atomic E-state index is 4.57. The maximum Gasteiger partial charge on any atom is 0.178 e. The van der Waals surface area contributed by atoms with Gasteiger partial charge in [-0.3, -0.25) is 4.98 Å². The van der Waals surface area contributed by atoms with Crippen molar-refractivity contribution in [2.24, 2.45) is 0 Å². The Balaban J connectivity index is 2.27. The Kier molecular flexibility index (Phi) is 1.80. The maximum atomic E-state index is 4.57. The van der Waals surface area contributed by atoms with Crippen molar-refractivity contribution in [1.29, 1.82) is 0 Å². The van der Waals surface area contributed by atoms with Crippen LogP contribution in [0.15, 0.2) is 48.8 Å². The third-order valence-electron chi connectivity index (χ3n) is 2.95. The van der Waals surface area contributed by atoms with E-state index in [0.717, 1.165) is 27.5 Å². The molecule has 0 atom stereocenters. The zero-order chi connectivity index (χ0) is 11.9. The molecule has 4 nitrogen and oxygen atoms in total. The molecule has 4 rings (SSSR count). The molecule has 0 radical (unpaired) electrons. The molecule has 0 spiro atoms. The number of hydrogen-bond donors (Lipinski definition) is 0. The molecule has 0 N–H and O–H groups in total. The van der Waals surface area contributed by atoms with Gasteiger partial charge in [-0.1, -0.05) is 12.1 Å². The Bertz CT molecular complexity index is 880. The van der Waals surface area contributed by atoms with Gasteiger partial charge >= 0.3 is 0 Å². The summed E-state index contributed by atoms with van der Waals surface area (Å²) in [4.78, 5) is 17.8. The van der Waals surface area contributed by atoms with Crippen LogP contribution in [0.4, 0.5) is 0 Å². The van der Waals surface area contributed by atoms with E-state index in [-0.39, 0.29) is 0 Å². The largest absolute Gasteiger partial charge is 0.254 e. The third-order valence-corrected chi connectivity index (χ3v) is 2.95. The summed E-state index contributed by atoms with van der Waals surface area (Å²) in [6.07, 6.45) is 3.49. The third kappa shape index (κ3) is 1.26. The number of nitrogens with zero attached hydrogens (tertiary/aromatic N) is 4. The van der Waals surface area contributed by atoms with Crippen LogP contribution in [0.5, 0.6) is 0 Å². The molecule has 4 heteroatoms. The molecule has 0 amide bonds. The Labute approximate surface area is 102 Å². The number of hydrogen-bond acceptors (Lipinski definition) is 4. The molecule has 0 aliphatic carbocycles. The Hall–Kier alpha value is -2.62. The van der Waals surface area contributed by atoms with Crippen molar-refractivity contribution >= 4 is 33.1 Å². The minimum atomic E-state index is 0.656. The van der Waals surface area contributed by atoms with Gasteiger partial charge in [-0.15, -0.1) is 0 Å². The highest BCUT2D eigenvalue weighted by Gasteiger charge is 2.06. The molecule has 3 heterocycles. The highest BCUT2D eigenvalue weighted by atomic mass is 14.9. The van der Waals surface area contributed by atoms with Crippen LogP contribution >= 0.6 is 0 Å². The summed E-state index contributed by atoms with van der Waals surface area (Å²) < 4.78 is 0. The Morgan fingerprint density at radius 2 is 1.56 bits per heavy atom. The van der Waals surface area contributed by atoms with E-state index in [2.05, 4.69) is 19.9 Å². The van der Waals surface area contributed by atoms with Gasteiger partial charge < -0.3 is 0 Å². The number of rotatable bonds is 0. The first-order chi connectivity index (χ1) is 8.92. The van der Waals surface area contributed by atoms with E-state index >= 15 is 0 Å². The molecule has 4 aromatic rings. The lowest BCUT2D eigenvalue weighted by molar-refractivity contribution is 1.28. The van der Waals surface area contributed by atoms with Crippen LogP contribution in [-0.4, -0.2) is 19.9 Å². The lowest BCUT2D eigenvalue weighted by Gasteiger charge is -2.02. The van der Waals surface area contributed by atoms with Crippen molar-refractivity contribution in [1.82, 2.24) is 19.9 Å². The summed E-state index contributed by atoms with van der Waals surface area (Å²) in [5, 5.41) is 1.06. The summed E-state index contributed by atoms with van der Waals surface area (Å²) in [5.41, 5.74) is 3.99. The van der Waals surface area contributed by atoms with Crippen molar-refractivity contribution in [2.45, 2.75) is 0 Å². The number of benzene rings is 1. The average molecular weight is 232 g/mol. The SMILES string of the molecule is c1cnc2c(c1)ccc1nc3cccnc3nc12. The second-order valence-corrected chi connectivity index (χ2v) is 4.08. The molecule has 0 aliphatic rings. The molecule has 1 aromatic carbocycles. The van der Waals surface area contributed by atoms with Crippen LogP contribution in [0.2, 0.25) is 0 Å². The lowest BCUT2D eigenvalue weighted by atomic mass is 10.2. The van der Waals surface area contributed by atoms with Gasteiger partial charge in [0.15, 0.2) is 5.65 Å². The minimum Gasteiger partial charge on any atom is -0.254 e. The van der Waals surface area contributed by atoms with E-state index in [0.29, 0.717) is 5.65 Å².